The fourth-order valence-electron chi connectivity index (χ4n) is 3.39. The van der Waals surface area contributed by atoms with Gasteiger partial charge in [-0.25, -0.2) is 4.98 Å². The first-order valence-corrected chi connectivity index (χ1v) is 11.9. The standard InChI is InChI=1S/C23H29BrN4OS.ClH/c1-5-27(6-2)19-11-8-17(9-12-19)22(29)28(15-7-14-26(3)4)23-25-20-13-10-18(24)16-21(20)30-23;/h8-13,16H,5-7,14-15H2,1-4H3;1H. The molecule has 0 aliphatic rings. The highest BCUT2D eigenvalue weighted by molar-refractivity contribution is 9.10. The maximum absolute atomic E-state index is 13.4. The van der Waals surface area contributed by atoms with Gasteiger partial charge in [0, 0.05) is 35.4 Å². The molecule has 0 aliphatic carbocycles. The average molecular weight is 526 g/mol. The quantitative estimate of drug-likeness (QED) is 0.347. The zero-order valence-corrected chi connectivity index (χ0v) is 21.7. The fourth-order valence-corrected chi connectivity index (χ4v) is 4.93. The van der Waals surface area contributed by atoms with Crippen LogP contribution in [0.1, 0.15) is 30.6 Å². The molecule has 0 fully saturated rings. The number of hydrogen-bond acceptors (Lipinski definition) is 5. The second-order valence-electron chi connectivity index (χ2n) is 7.44. The molecule has 3 aromatic rings. The van der Waals surface area contributed by atoms with Crippen LogP contribution in [0.5, 0.6) is 0 Å². The number of fused-ring (bicyclic) bond motifs is 1. The van der Waals surface area contributed by atoms with E-state index in [4.69, 9.17) is 4.98 Å². The van der Waals surface area contributed by atoms with Crippen molar-refractivity contribution in [3.8, 4) is 0 Å². The summed E-state index contributed by atoms with van der Waals surface area (Å²) in [5, 5.41) is 0.750. The number of aromatic nitrogens is 1. The number of benzene rings is 2. The number of rotatable bonds is 9. The molecule has 0 unspecified atom stereocenters. The van der Waals surface area contributed by atoms with E-state index in [-0.39, 0.29) is 18.3 Å². The van der Waals surface area contributed by atoms with Crippen LogP contribution in [0.3, 0.4) is 0 Å². The zero-order valence-electron chi connectivity index (χ0n) is 18.5. The van der Waals surface area contributed by atoms with Gasteiger partial charge in [0.1, 0.15) is 0 Å². The van der Waals surface area contributed by atoms with Crippen molar-refractivity contribution in [1.82, 2.24) is 9.88 Å². The Labute approximate surface area is 203 Å². The van der Waals surface area contributed by atoms with Crippen molar-refractivity contribution in [3.63, 3.8) is 0 Å². The minimum absolute atomic E-state index is 0. The topological polar surface area (TPSA) is 39.7 Å². The van der Waals surface area contributed by atoms with E-state index in [9.17, 15) is 4.79 Å². The van der Waals surface area contributed by atoms with Gasteiger partial charge in [0.15, 0.2) is 5.13 Å². The lowest BCUT2D eigenvalue weighted by atomic mass is 10.1. The lowest BCUT2D eigenvalue weighted by Gasteiger charge is -2.23. The Morgan fingerprint density at radius 2 is 1.71 bits per heavy atom. The van der Waals surface area contributed by atoms with Gasteiger partial charge in [0.05, 0.1) is 10.2 Å². The van der Waals surface area contributed by atoms with Gasteiger partial charge >= 0.3 is 0 Å². The molecule has 0 bridgehead atoms. The van der Waals surface area contributed by atoms with E-state index >= 15 is 0 Å². The molecular formula is C23H30BrClN4OS. The third-order valence-electron chi connectivity index (χ3n) is 5.05. The van der Waals surface area contributed by atoms with E-state index in [1.807, 2.05) is 55.4 Å². The number of nitrogens with zero attached hydrogens (tertiary/aromatic N) is 4. The Bertz CT molecular complexity index is 989. The summed E-state index contributed by atoms with van der Waals surface area (Å²) in [6.45, 7) is 7.72. The smallest absolute Gasteiger partial charge is 0.260 e. The van der Waals surface area contributed by atoms with Crippen LogP contribution in [0.25, 0.3) is 10.2 Å². The molecule has 168 valence electrons. The minimum atomic E-state index is -0.00188. The number of carbonyl (C=O) groups is 1. The maximum atomic E-state index is 13.4. The van der Waals surface area contributed by atoms with Gasteiger partial charge in [-0.2, -0.15) is 0 Å². The SMILES string of the molecule is CCN(CC)c1ccc(C(=O)N(CCCN(C)C)c2nc3ccc(Br)cc3s2)cc1.Cl. The molecule has 31 heavy (non-hydrogen) atoms. The van der Waals surface area contributed by atoms with Crippen molar-refractivity contribution in [3.05, 3.63) is 52.5 Å². The van der Waals surface area contributed by atoms with Crippen molar-refractivity contribution in [1.29, 1.82) is 0 Å². The van der Waals surface area contributed by atoms with E-state index in [1.54, 1.807) is 11.3 Å². The first kappa shape index (κ1) is 25.6. The number of amides is 1. The van der Waals surface area contributed by atoms with Crippen molar-refractivity contribution >= 4 is 66.6 Å². The summed E-state index contributed by atoms with van der Waals surface area (Å²) in [6.07, 6.45) is 0.885. The molecule has 0 aliphatic heterocycles. The Hall–Kier alpha value is -1.67. The van der Waals surface area contributed by atoms with Crippen LogP contribution >= 0.6 is 39.7 Å². The first-order valence-electron chi connectivity index (χ1n) is 10.3. The Kier molecular flexibility index (Phi) is 9.75. The molecule has 0 N–H and O–H groups in total. The summed E-state index contributed by atoms with van der Waals surface area (Å²) in [5.41, 5.74) is 2.75. The number of carbonyl (C=O) groups excluding carboxylic acids is 1. The lowest BCUT2D eigenvalue weighted by molar-refractivity contribution is 0.0986. The van der Waals surface area contributed by atoms with Gasteiger partial charge in [0.2, 0.25) is 0 Å². The van der Waals surface area contributed by atoms with Crippen LogP contribution in [0.2, 0.25) is 0 Å². The van der Waals surface area contributed by atoms with Gasteiger partial charge < -0.3 is 9.80 Å². The molecule has 0 saturated heterocycles. The highest BCUT2D eigenvalue weighted by Crippen LogP contribution is 2.32. The van der Waals surface area contributed by atoms with Gasteiger partial charge in [0.25, 0.3) is 5.91 Å². The fraction of sp³-hybridized carbons (Fsp3) is 0.391. The molecule has 1 amide bonds. The number of hydrogen-bond donors (Lipinski definition) is 0. The first-order chi connectivity index (χ1) is 14.4. The molecule has 3 rings (SSSR count). The Morgan fingerprint density at radius 1 is 1.03 bits per heavy atom. The van der Waals surface area contributed by atoms with Crippen LogP contribution < -0.4 is 9.80 Å². The molecule has 0 radical (unpaired) electrons. The third-order valence-corrected chi connectivity index (χ3v) is 6.58. The molecule has 8 heteroatoms. The van der Waals surface area contributed by atoms with Crippen LogP contribution in [-0.4, -0.2) is 56.1 Å². The Balaban J connectivity index is 0.00000341. The second kappa shape index (κ2) is 11.8. The summed E-state index contributed by atoms with van der Waals surface area (Å²) >= 11 is 5.08. The van der Waals surface area contributed by atoms with Crippen LogP contribution in [0.4, 0.5) is 10.8 Å². The van der Waals surface area contributed by atoms with Crippen LogP contribution in [-0.2, 0) is 0 Å². The molecular weight excluding hydrogens is 496 g/mol. The van der Waals surface area contributed by atoms with E-state index in [0.717, 1.165) is 51.6 Å². The predicted octanol–water partition coefficient (Wildman–Crippen LogP) is 5.93. The molecule has 0 saturated carbocycles. The summed E-state index contributed by atoms with van der Waals surface area (Å²) in [7, 11) is 4.10. The monoisotopic (exact) mass is 524 g/mol. The highest BCUT2D eigenvalue weighted by atomic mass is 79.9. The van der Waals surface area contributed by atoms with E-state index < -0.39 is 0 Å². The predicted molar refractivity (Wildman–Crippen MR) is 139 cm³/mol. The molecule has 0 atom stereocenters. The third kappa shape index (κ3) is 6.42. The normalized spacial score (nSPS) is 10.9. The van der Waals surface area contributed by atoms with Gasteiger partial charge in [-0.05, 0) is 83.4 Å². The summed E-state index contributed by atoms with van der Waals surface area (Å²) < 4.78 is 2.09. The summed E-state index contributed by atoms with van der Waals surface area (Å²) in [4.78, 5) is 24.4. The Morgan fingerprint density at radius 3 is 2.32 bits per heavy atom. The van der Waals surface area contributed by atoms with Gasteiger partial charge in [-0.1, -0.05) is 27.3 Å². The molecule has 0 spiro atoms. The summed E-state index contributed by atoms with van der Waals surface area (Å²) in [5.74, 6) is -0.00188. The summed E-state index contributed by atoms with van der Waals surface area (Å²) in [6, 6.07) is 14.0. The molecule has 5 nitrogen and oxygen atoms in total. The van der Waals surface area contributed by atoms with Gasteiger partial charge in [-0.3, -0.25) is 9.69 Å². The maximum Gasteiger partial charge on any atom is 0.260 e. The molecule has 1 heterocycles. The highest BCUT2D eigenvalue weighted by Gasteiger charge is 2.21. The van der Waals surface area contributed by atoms with Crippen LogP contribution in [0.15, 0.2) is 46.9 Å². The van der Waals surface area contributed by atoms with E-state index in [0.29, 0.717) is 12.1 Å². The number of halogens is 2. The van der Waals surface area contributed by atoms with Crippen molar-refractivity contribution in [2.45, 2.75) is 20.3 Å². The van der Waals surface area contributed by atoms with Crippen molar-refractivity contribution in [2.24, 2.45) is 0 Å². The minimum Gasteiger partial charge on any atom is -0.372 e. The van der Waals surface area contributed by atoms with Crippen molar-refractivity contribution in [2.75, 3.05) is 50.1 Å². The van der Waals surface area contributed by atoms with E-state index in [2.05, 4.69) is 45.6 Å². The molecule has 1 aromatic heterocycles. The zero-order chi connectivity index (χ0) is 21.7. The number of thiazole rings is 1. The van der Waals surface area contributed by atoms with Gasteiger partial charge in [-0.15, -0.1) is 12.4 Å². The lowest BCUT2D eigenvalue weighted by Crippen LogP contribution is -2.33. The molecule has 2 aromatic carbocycles. The van der Waals surface area contributed by atoms with Crippen molar-refractivity contribution < 1.29 is 4.79 Å². The largest absolute Gasteiger partial charge is 0.372 e. The average Bonchev–Trinajstić information content (AvgIpc) is 3.14. The second-order valence-corrected chi connectivity index (χ2v) is 9.37. The van der Waals surface area contributed by atoms with Crippen LogP contribution in [0, 0.1) is 0 Å². The number of anilines is 2. The van der Waals surface area contributed by atoms with E-state index in [1.165, 1.54) is 0 Å².